The fourth-order valence-electron chi connectivity index (χ4n) is 2.96. The number of anilines is 1. The molecule has 0 fully saturated rings. The Morgan fingerprint density at radius 2 is 1.83 bits per heavy atom. The molecule has 2 aromatic rings. The van der Waals surface area contributed by atoms with Gasteiger partial charge in [-0.1, -0.05) is 18.1 Å². The molecule has 0 bridgehead atoms. The third kappa shape index (κ3) is 3.79. The lowest BCUT2D eigenvalue weighted by molar-refractivity contribution is -0.376. The topological polar surface area (TPSA) is 40.5 Å². The van der Waals surface area contributed by atoms with Crippen LogP contribution < -0.4 is 4.90 Å². The molecular weight excluding hydrogens is 452 g/mol. The highest BCUT2D eigenvalue weighted by Crippen LogP contribution is 2.52. The van der Waals surface area contributed by atoms with Crippen LogP contribution in [0.25, 0.3) is 0 Å². The van der Waals surface area contributed by atoms with Crippen LogP contribution in [0.5, 0.6) is 0 Å². The molecule has 1 aromatic carbocycles. The molecular formula is C19H13F6NO2S2. The second-order valence-electron chi connectivity index (χ2n) is 6.28. The number of benzene rings is 1. The number of carbonyl (C=O) groups is 1. The molecule has 1 aromatic heterocycles. The minimum absolute atomic E-state index is 0.0108. The Balaban J connectivity index is 2.14. The summed E-state index contributed by atoms with van der Waals surface area (Å²) in [7, 11) is 0. The van der Waals surface area contributed by atoms with Gasteiger partial charge >= 0.3 is 12.4 Å². The molecule has 2 heterocycles. The Bertz CT molecular complexity index is 991. The fraction of sp³-hybridized carbons (Fsp3) is 0.316. The van der Waals surface area contributed by atoms with Crippen LogP contribution in [0.4, 0.5) is 32.0 Å². The van der Waals surface area contributed by atoms with E-state index < -0.39 is 34.7 Å². The second-order valence-corrected chi connectivity index (χ2v) is 8.47. The number of carbonyl (C=O) groups excluding carboxylic acids is 1. The normalized spacial score (nSPS) is 17.2. The number of thioether (sulfide) groups is 1. The standard InChI is InChI=1S/C19H13F6NO2S2/c1-2-4-12-10-26(16(27)14-5-3-8-29-14)13-7-6-11(9-15(13)30-12)17(28,18(20,21)22)19(23,24)25/h3,5-9,12,28H,10H2,1H3. The number of hydrogen-bond acceptors (Lipinski definition) is 4. The van der Waals surface area contributed by atoms with Crippen LogP contribution in [-0.4, -0.2) is 35.2 Å². The van der Waals surface area contributed by atoms with E-state index >= 15 is 0 Å². The van der Waals surface area contributed by atoms with Crippen LogP contribution in [0.15, 0.2) is 40.6 Å². The van der Waals surface area contributed by atoms with Gasteiger partial charge in [-0.25, -0.2) is 0 Å². The van der Waals surface area contributed by atoms with E-state index in [9.17, 15) is 36.2 Å². The maximum absolute atomic E-state index is 13.2. The van der Waals surface area contributed by atoms with Crippen molar-refractivity contribution in [2.45, 2.75) is 35.0 Å². The van der Waals surface area contributed by atoms with Crippen molar-refractivity contribution in [1.29, 1.82) is 0 Å². The minimum atomic E-state index is -5.99. The average Bonchev–Trinajstić information content (AvgIpc) is 3.19. The molecule has 0 saturated carbocycles. The molecule has 11 heteroatoms. The van der Waals surface area contributed by atoms with Crippen LogP contribution in [0, 0.1) is 11.8 Å². The van der Waals surface area contributed by atoms with Crippen molar-refractivity contribution in [3.63, 3.8) is 0 Å². The number of nitrogens with zero attached hydrogens (tertiary/aromatic N) is 1. The van der Waals surface area contributed by atoms with E-state index in [0.717, 1.165) is 29.2 Å². The van der Waals surface area contributed by atoms with Gasteiger partial charge in [0.2, 0.25) is 0 Å². The predicted molar refractivity (Wildman–Crippen MR) is 102 cm³/mol. The second kappa shape index (κ2) is 7.83. The number of halogens is 6. The summed E-state index contributed by atoms with van der Waals surface area (Å²) in [5.74, 6) is 4.99. The first-order chi connectivity index (χ1) is 13.9. The fourth-order valence-corrected chi connectivity index (χ4v) is 4.83. The van der Waals surface area contributed by atoms with E-state index in [4.69, 9.17) is 0 Å². The highest BCUT2D eigenvalue weighted by molar-refractivity contribution is 8.00. The number of fused-ring (bicyclic) bond motifs is 1. The first-order valence-electron chi connectivity index (χ1n) is 8.35. The molecule has 1 aliphatic rings. The lowest BCUT2D eigenvalue weighted by atomic mass is 9.92. The van der Waals surface area contributed by atoms with Gasteiger partial charge in [-0.05, 0) is 30.5 Å². The first kappa shape index (κ1) is 22.5. The van der Waals surface area contributed by atoms with E-state index in [1.165, 1.54) is 11.8 Å². The van der Waals surface area contributed by atoms with Crippen molar-refractivity contribution in [3.05, 3.63) is 46.2 Å². The van der Waals surface area contributed by atoms with Crippen molar-refractivity contribution in [3.8, 4) is 11.8 Å². The molecule has 0 saturated heterocycles. The van der Waals surface area contributed by atoms with Gasteiger partial charge in [0.25, 0.3) is 11.5 Å². The summed E-state index contributed by atoms with van der Waals surface area (Å²) in [4.78, 5) is 14.5. The Kier molecular flexibility index (Phi) is 5.88. The summed E-state index contributed by atoms with van der Waals surface area (Å²) in [6.07, 6.45) is -12.0. The smallest absolute Gasteiger partial charge is 0.369 e. The molecule has 3 rings (SSSR count). The Morgan fingerprint density at radius 1 is 1.17 bits per heavy atom. The largest absolute Gasteiger partial charge is 0.430 e. The van der Waals surface area contributed by atoms with E-state index in [2.05, 4.69) is 11.8 Å². The van der Waals surface area contributed by atoms with Gasteiger partial charge in [-0.2, -0.15) is 26.3 Å². The van der Waals surface area contributed by atoms with Crippen molar-refractivity contribution in [2.75, 3.05) is 11.4 Å². The maximum atomic E-state index is 13.2. The molecule has 1 N–H and O–H groups in total. The summed E-state index contributed by atoms with van der Waals surface area (Å²) in [5, 5.41) is 10.8. The van der Waals surface area contributed by atoms with Crippen LogP contribution >= 0.6 is 23.1 Å². The molecule has 1 aliphatic heterocycles. The Morgan fingerprint density at radius 3 is 2.37 bits per heavy atom. The van der Waals surface area contributed by atoms with Gasteiger partial charge in [0.1, 0.15) is 0 Å². The van der Waals surface area contributed by atoms with Crippen LogP contribution in [0.2, 0.25) is 0 Å². The highest BCUT2D eigenvalue weighted by atomic mass is 32.2. The molecule has 0 radical (unpaired) electrons. The van der Waals surface area contributed by atoms with Gasteiger partial charge in [0.05, 0.1) is 15.8 Å². The predicted octanol–water partition coefficient (Wildman–Crippen LogP) is 5.20. The average molecular weight is 465 g/mol. The van der Waals surface area contributed by atoms with E-state index in [-0.39, 0.29) is 17.1 Å². The molecule has 1 amide bonds. The summed E-state index contributed by atoms with van der Waals surface area (Å²) >= 11 is 2.10. The van der Waals surface area contributed by atoms with Gasteiger partial charge in [-0.15, -0.1) is 29.0 Å². The van der Waals surface area contributed by atoms with E-state index in [1.807, 2.05) is 0 Å². The Hall–Kier alpha value is -2.16. The summed E-state index contributed by atoms with van der Waals surface area (Å²) in [6, 6.07) is 5.37. The quantitative estimate of drug-likeness (QED) is 0.489. The molecule has 3 nitrogen and oxygen atoms in total. The Labute approximate surface area is 175 Å². The lowest BCUT2D eigenvalue weighted by Gasteiger charge is -2.35. The number of aliphatic hydroxyl groups is 1. The van der Waals surface area contributed by atoms with Crippen molar-refractivity contribution in [2.24, 2.45) is 0 Å². The lowest BCUT2D eigenvalue weighted by Crippen LogP contribution is -2.54. The monoisotopic (exact) mass is 465 g/mol. The van der Waals surface area contributed by atoms with Gasteiger partial charge < -0.3 is 10.0 Å². The van der Waals surface area contributed by atoms with E-state index in [0.29, 0.717) is 17.0 Å². The summed E-state index contributed by atoms with van der Waals surface area (Å²) < 4.78 is 79.5. The van der Waals surface area contributed by atoms with Crippen molar-refractivity contribution >= 4 is 34.7 Å². The van der Waals surface area contributed by atoms with Crippen LogP contribution in [0.1, 0.15) is 22.2 Å². The maximum Gasteiger partial charge on any atom is 0.430 e. The third-order valence-corrected chi connectivity index (χ3v) is 6.38. The molecule has 0 spiro atoms. The first-order valence-corrected chi connectivity index (χ1v) is 10.1. The van der Waals surface area contributed by atoms with Crippen LogP contribution in [0.3, 0.4) is 0 Å². The zero-order chi connectivity index (χ0) is 22.3. The van der Waals surface area contributed by atoms with Gasteiger partial charge in [0.15, 0.2) is 0 Å². The number of amides is 1. The molecule has 30 heavy (non-hydrogen) atoms. The highest BCUT2D eigenvalue weighted by Gasteiger charge is 2.71. The minimum Gasteiger partial charge on any atom is -0.369 e. The number of hydrogen-bond donors (Lipinski definition) is 1. The van der Waals surface area contributed by atoms with Crippen molar-refractivity contribution in [1.82, 2.24) is 0 Å². The van der Waals surface area contributed by atoms with Gasteiger partial charge in [-0.3, -0.25) is 4.79 Å². The zero-order valence-electron chi connectivity index (χ0n) is 15.1. The summed E-state index contributed by atoms with van der Waals surface area (Å²) in [6.45, 7) is 1.64. The zero-order valence-corrected chi connectivity index (χ0v) is 16.8. The molecule has 160 valence electrons. The van der Waals surface area contributed by atoms with Crippen molar-refractivity contribution < 1.29 is 36.2 Å². The SMILES string of the molecule is CC#CC1CN(C(=O)c2cccs2)c2ccc(C(O)(C(F)(F)F)C(F)(F)F)cc2S1. The number of thiophene rings is 1. The number of alkyl halides is 6. The van der Waals surface area contributed by atoms with Gasteiger partial charge in [0, 0.05) is 17.0 Å². The van der Waals surface area contributed by atoms with E-state index in [1.54, 1.807) is 17.5 Å². The summed E-state index contributed by atoms with van der Waals surface area (Å²) in [5.41, 5.74) is -6.26. The number of rotatable bonds is 2. The molecule has 0 aliphatic carbocycles. The molecule has 1 atom stereocenters. The molecule has 1 unspecified atom stereocenters. The third-order valence-electron chi connectivity index (χ3n) is 4.39. The van der Waals surface area contributed by atoms with Crippen LogP contribution in [-0.2, 0) is 5.60 Å².